The molecule has 0 unspecified atom stereocenters. The van der Waals surface area contributed by atoms with E-state index in [1.807, 2.05) is 11.8 Å². The van der Waals surface area contributed by atoms with Crippen molar-refractivity contribution in [3.05, 3.63) is 16.1 Å². The van der Waals surface area contributed by atoms with Gasteiger partial charge in [-0.05, 0) is 25.7 Å². The van der Waals surface area contributed by atoms with Crippen LogP contribution in [0.5, 0.6) is 0 Å². The van der Waals surface area contributed by atoms with Crippen molar-refractivity contribution < 1.29 is 9.59 Å². The smallest absolute Gasteiger partial charge is 0.225 e. The van der Waals surface area contributed by atoms with Gasteiger partial charge in [0.25, 0.3) is 0 Å². The Bertz CT molecular complexity index is 560. The summed E-state index contributed by atoms with van der Waals surface area (Å²) >= 11 is 1.72. The number of carbonyl (C=O) groups is 2. The Labute approximate surface area is 141 Å². The first-order valence-corrected chi connectivity index (χ1v) is 9.55. The fourth-order valence-corrected chi connectivity index (χ4v) is 4.04. The molecule has 126 valence electrons. The predicted octanol–water partition coefficient (Wildman–Crippen LogP) is 2.33. The highest BCUT2D eigenvalue weighted by molar-refractivity contribution is 7.09. The molecule has 1 saturated heterocycles. The maximum Gasteiger partial charge on any atom is 0.225 e. The first kappa shape index (κ1) is 16.4. The predicted molar refractivity (Wildman–Crippen MR) is 90.4 cm³/mol. The van der Waals surface area contributed by atoms with Crippen molar-refractivity contribution in [1.29, 1.82) is 0 Å². The molecule has 3 rings (SSSR count). The highest BCUT2D eigenvalue weighted by Crippen LogP contribution is 2.35. The summed E-state index contributed by atoms with van der Waals surface area (Å²) < 4.78 is 0. The third kappa shape index (κ3) is 4.31. The Morgan fingerprint density at radius 2 is 2.04 bits per heavy atom. The molecule has 2 aliphatic rings. The second-order valence-corrected chi connectivity index (χ2v) is 7.39. The average Bonchev–Trinajstić information content (AvgIpc) is 3.33. The molecule has 0 spiro atoms. The fraction of sp³-hybridized carbons (Fsp3) is 0.706. The van der Waals surface area contributed by atoms with Gasteiger partial charge in [0.2, 0.25) is 11.8 Å². The van der Waals surface area contributed by atoms with Crippen LogP contribution in [0.2, 0.25) is 0 Å². The maximum atomic E-state index is 12.1. The van der Waals surface area contributed by atoms with Crippen LogP contribution in [0, 0.1) is 5.92 Å². The maximum absolute atomic E-state index is 12.1. The number of hydrogen-bond donors (Lipinski definition) is 1. The second kappa shape index (κ2) is 7.43. The Morgan fingerprint density at radius 3 is 2.70 bits per heavy atom. The number of likely N-dealkylation sites (tertiary alicyclic amines) is 1. The van der Waals surface area contributed by atoms with Crippen molar-refractivity contribution in [3.8, 4) is 0 Å². The number of carbonyl (C=O) groups excluding carboxylic acids is 2. The third-order valence-corrected chi connectivity index (χ3v) is 5.73. The van der Waals surface area contributed by atoms with Crippen molar-refractivity contribution in [2.24, 2.45) is 5.92 Å². The van der Waals surface area contributed by atoms with Crippen LogP contribution in [0.3, 0.4) is 0 Å². The standard InChI is InChI=1S/C17H25N3O2S/c1-2-15(21)18-8-5-14-11-23-16(19-14)12-6-9-20(10-7-12)17(22)13-3-4-13/h11-13H,2-10H2,1H3,(H,18,21). The summed E-state index contributed by atoms with van der Waals surface area (Å²) in [5.41, 5.74) is 1.07. The van der Waals surface area contributed by atoms with E-state index >= 15 is 0 Å². The molecule has 0 atom stereocenters. The van der Waals surface area contributed by atoms with E-state index in [9.17, 15) is 9.59 Å². The highest BCUT2D eigenvalue weighted by atomic mass is 32.1. The molecule has 23 heavy (non-hydrogen) atoms. The van der Waals surface area contributed by atoms with E-state index in [1.54, 1.807) is 11.3 Å². The van der Waals surface area contributed by atoms with E-state index in [2.05, 4.69) is 10.7 Å². The molecule has 1 N–H and O–H groups in total. The highest BCUT2D eigenvalue weighted by Gasteiger charge is 2.35. The quantitative estimate of drug-likeness (QED) is 0.868. The van der Waals surface area contributed by atoms with E-state index in [0.717, 1.165) is 50.9 Å². The SMILES string of the molecule is CCC(=O)NCCc1csc(C2CCN(C(=O)C3CC3)CC2)n1. The minimum absolute atomic E-state index is 0.0909. The van der Waals surface area contributed by atoms with Gasteiger partial charge in [-0.25, -0.2) is 4.98 Å². The lowest BCUT2D eigenvalue weighted by molar-refractivity contribution is -0.133. The number of aromatic nitrogens is 1. The van der Waals surface area contributed by atoms with Crippen LogP contribution in [-0.2, 0) is 16.0 Å². The van der Waals surface area contributed by atoms with Gasteiger partial charge in [-0.3, -0.25) is 9.59 Å². The third-order valence-electron chi connectivity index (χ3n) is 4.68. The summed E-state index contributed by atoms with van der Waals surface area (Å²) in [6.07, 6.45) is 5.55. The molecule has 2 fully saturated rings. The van der Waals surface area contributed by atoms with E-state index in [4.69, 9.17) is 4.98 Å². The van der Waals surface area contributed by atoms with E-state index < -0.39 is 0 Å². The van der Waals surface area contributed by atoms with Crippen LogP contribution in [0.1, 0.15) is 55.6 Å². The summed E-state index contributed by atoms with van der Waals surface area (Å²) in [5.74, 6) is 1.28. The van der Waals surface area contributed by atoms with Gasteiger partial charge in [0, 0.05) is 49.7 Å². The number of nitrogens with one attached hydrogen (secondary N) is 1. The molecule has 1 aliphatic heterocycles. The Kier molecular flexibility index (Phi) is 5.30. The lowest BCUT2D eigenvalue weighted by Gasteiger charge is -2.31. The van der Waals surface area contributed by atoms with Crippen molar-refractivity contribution in [3.63, 3.8) is 0 Å². The van der Waals surface area contributed by atoms with Gasteiger partial charge in [0.1, 0.15) is 0 Å². The minimum Gasteiger partial charge on any atom is -0.356 e. The van der Waals surface area contributed by atoms with Gasteiger partial charge < -0.3 is 10.2 Å². The second-order valence-electron chi connectivity index (χ2n) is 6.50. The monoisotopic (exact) mass is 335 g/mol. The van der Waals surface area contributed by atoms with Crippen LogP contribution in [-0.4, -0.2) is 41.3 Å². The van der Waals surface area contributed by atoms with Gasteiger partial charge in [0.05, 0.1) is 10.7 Å². The number of amides is 2. The number of nitrogens with zero attached hydrogens (tertiary/aromatic N) is 2. The zero-order valence-corrected chi connectivity index (χ0v) is 14.5. The molecular weight excluding hydrogens is 310 g/mol. The molecule has 0 bridgehead atoms. The largest absolute Gasteiger partial charge is 0.356 e. The minimum atomic E-state index is 0.0909. The van der Waals surface area contributed by atoms with Gasteiger partial charge in [-0.2, -0.15) is 0 Å². The van der Waals surface area contributed by atoms with Gasteiger partial charge in [0.15, 0.2) is 0 Å². The molecule has 1 aromatic heterocycles. The first-order chi connectivity index (χ1) is 11.2. The molecule has 2 amide bonds. The topological polar surface area (TPSA) is 62.3 Å². The number of piperidine rings is 1. The first-order valence-electron chi connectivity index (χ1n) is 8.67. The molecule has 6 heteroatoms. The van der Waals surface area contributed by atoms with Gasteiger partial charge in [-0.15, -0.1) is 11.3 Å². The zero-order chi connectivity index (χ0) is 16.2. The van der Waals surface area contributed by atoms with Crippen LogP contribution >= 0.6 is 11.3 Å². The Hall–Kier alpha value is -1.43. The van der Waals surface area contributed by atoms with Crippen molar-refractivity contribution >= 4 is 23.2 Å². The molecule has 0 aromatic carbocycles. The lowest BCUT2D eigenvalue weighted by atomic mass is 9.97. The van der Waals surface area contributed by atoms with Crippen molar-refractivity contribution in [2.75, 3.05) is 19.6 Å². The Balaban J connectivity index is 1.45. The van der Waals surface area contributed by atoms with Gasteiger partial charge >= 0.3 is 0 Å². The molecule has 5 nitrogen and oxygen atoms in total. The van der Waals surface area contributed by atoms with E-state index in [1.165, 1.54) is 5.01 Å². The molecule has 1 aliphatic carbocycles. The van der Waals surface area contributed by atoms with Crippen LogP contribution in [0.4, 0.5) is 0 Å². The number of rotatable bonds is 6. The summed E-state index contributed by atoms with van der Waals surface area (Å²) in [6, 6.07) is 0. The van der Waals surface area contributed by atoms with E-state index in [0.29, 0.717) is 30.7 Å². The summed E-state index contributed by atoms with van der Waals surface area (Å²) in [4.78, 5) is 30.1. The Morgan fingerprint density at radius 1 is 1.30 bits per heavy atom. The molecule has 2 heterocycles. The van der Waals surface area contributed by atoms with E-state index in [-0.39, 0.29) is 5.91 Å². The van der Waals surface area contributed by atoms with Crippen LogP contribution in [0.15, 0.2) is 5.38 Å². The van der Waals surface area contributed by atoms with Crippen molar-refractivity contribution in [2.45, 2.75) is 51.4 Å². The number of thiazole rings is 1. The molecule has 1 aromatic rings. The zero-order valence-electron chi connectivity index (χ0n) is 13.7. The summed E-state index contributed by atoms with van der Waals surface area (Å²) in [7, 11) is 0. The number of hydrogen-bond acceptors (Lipinski definition) is 4. The van der Waals surface area contributed by atoms with Gasteiger partial charge in [-0.1, -0.05) is 6.92 Å². The van der Waals surface area contributed by atoms with Crippen LogP contribution in [0.25, 0.3) is 0 Å². The van der Waals surface area contributed by atoms with Crippen molar-refractivity contribution in [1.82, 2.24) is 15.2 Å². The average molecular weight is 335 g/mol. The normalized spacial score (nSPS) is 18.9. The summed E-state index contributed by atoms with van der Waals surface area (Å²) in [6.45, 7) is 4.27. The lowest BCUT2D eigenvalue weighted by Crippen LogP contribution is -2.38. The van der Waals surface area contributed by atoms with Crippen LogP contribution < -0.4 is 5.32 Å². The molecule has 1 saturated carbocycles. The molecule has 0 radical (unpaired) electrons. The molecular formula is C17H25N3O2S. The summed E-state index contributed by atoms with van der Waals surface area (Å²) in [5, 5.41) is 6.19. The fourth-order valence-electron chi connectivity index (χ4n) is 3.02.